The van der Waals surface area contributed by atoms with Gasteiger partial charge < -0.3 is 20.5 Å². The molecule has 5 nitrogen and oxygen atoms in total. The lowest BCUT2D eigenvalue weighted by atomic mass is 10.2. The van der Waals surface area contributed by atoms with Crippen LogP contribution in [0.1, 0.15) is 10.4 Å². The highest BCUT2D eigenvalue weighted by molar-refractivity contribution is 9.10. The first kappa shape index (κ1) is 15.9. The van der Waals surface area contributed by atoms with Crippen molar-refractivity contribution in [3.8, 4) is 0 Å². The number of methoxy groups -OCH3 is 2. The van der Waals surface area contributed by atoms with Crippen molar-refractivity contribution in [3.63, 3.8) is 0 Å². The number of amides is 1. The van der Waals surface area contributed by atoms with Crippen molar-refractivity contribution in [2.24, 2.45) is 0 Å². The lowest BCUT2D eigenvalue weighted by Crippen LogP contribution is -2.35. The maximum Gasteiger partial charge on any atom is 0.252 e. The van der Waals surface area contributed by atoms with Crippen molar-refractivity contribution in [2.45, 2.75) is 6.10 Å². The van der Waals surface area contributed by atoms with Crippen LogP contribution in [0.5, 0.6) is 0 Å². The number of nitrogen functional groups attached to an aromatic ring is 1. The summed E-state index contributed by atoms with van der Waals surface area (Å²) in [6, 6.07) is 2.44. The summed E-state index contributed by atoms with van der Waals surface area (Å²) >= 11 is 3.12. The van der Waals surface area contributed by atoms with Gasteiger partial charge in [-0.15, -0.1) is 0 Å². The van der Waals surface area contributed by atoms with E-state index in [1.165, 1.54) is 13.2 Å². The van der Waals surface area contributed by atoms with Gasteiger partial charge in [0.1, 0.15) is 5.82 Å². The molecule has 1 atom stereocenters. The number of carbonyl (C=O) groups is 1. The Hall–Kier alpha value is -1.18. The van der Waals surface area contributed by atoms with E-state index in [-0.39, 0.29) is 29.8 Å². The fourth-order valence-electron chi connectivity index (χ4n) is 1.44. The highest BCUT2D eigenvalue weighted by Gasteiger charge is 2.15. The van der Waals surface area contributed by atoms with Crippen molar-refractivity contribution in [2.75, 3.05) is 33.1 Å². The third kappa shape index (κ3) is 4.45. The Labute approximate surface area is 119 Å². The molecule has 0 fully saturated rings. The average molecular weight is 335 g/mol. The Morgan fingerprint density at radius 2 is 2.21 bits per heavy atom. The first-order valence-corrected chi connectivity index (χ1v) is 6.33. The summed E-state index contributed by atoms with van der Waals surface area (Å²) in [5.41, 5.74) is 5.63. The lowest BCUT2D eigenvalue weighted by molar-refractivity contribution is 0.0285. The molecule has 1 rings (SSSR count). The average Bonchev–Trinajstić information content (AvgIpc) is 2.38. The molecule has 106 valence electrons. The van der Waals surface area contributed by atoms with E-state index in [9.17, 15) is 9.18 Å². The topological polar surface area (TPSA) is 73.6 Å². The van der Waals surface area contributed by atoms with Crippen LogP contribution in [0.3, 0.4) is 0 Å². The SMILES string of the molecule is COCC(CNC(=O)c1cc(N)c(F)cc1Br)OC. The number of nitrogens with one attached hydrogen (secondary N) is 1. The zero-order chi connectivity index (χ0) is 14.4. The first-order valence-electron chi connectivity index (χ1n) is 5.54. The molecule has 0 radical (unpaired) electrons. The van der Waals surface area contributed by atoms with E-state index in [4.69, 9.17) is 15.2 Å². The summed E-state index contributed by atoms with van der Waals surface area (Å²) in [5.74, 6) is -0.936. The van der Waals surface area contributed by atoms with Crippen molar-refractivity contribution in [1.82, 2.24) is 5.32 Å². The molecule has 0 saturated heterocycles. The van der Waals surface area contributed by atoms with E-state index in [0.29, 0.717) is 11.1 Å². The fraction of sp³-hybridized carbons (Fsp3) is 0.417. The molecule has 7 heteroatoms. The Morgan fingerprint density at radius 3 is 2.79 bits per heavy atom. The number of hydrogen-bond acceptors (Lipinski definition) is 4. The molecule has 1 amide bonds. The second-order valence-electron chi connectivity index (χ2n) is 3.88. The molecule has 1 aromatic rings. The van der Waals surface area contributed by atoms with Crippen LogP contribution in [0.4, 0.5) is 10.1 Å². The molecule has 0 aliphatic heterocycles. The molecule has 1 aromatic carbocycles. The Balaban J connectivity index is 2.70. The molecule has 1 unspecified atom stereocenters. The largest absolute Gasteiger partial charge is 0.396 e. The minimum atomic E-state index is -0.572. The minimum Gasteiger partial charge on any atom is -0.396 e. The van der Waals surface area contributed by atoms with Crippen LogP contribution in [0.15, 0.2) is 16.6 Å². The molecule has 0 bridgehead atoms. The van der Waals surface area contributed by atoms with E-state index in [2.05, 4.69) is 21.2 Å². The first-order chi connectivity index (χ1) is 8.99. The second kappa shape index (κ2) is 7.42. The van der Waals surface area contributed by atoms with Crippen LogP contribution in [-0.2, 0) is 9.47 Å². The van der Waals surface area contributed by atoms with Gasteiger partial charge in [-0.05, 0) is 28.1 Å². The Kier molecular flexibility index (Phi) is 6.20. The predicted molar refractivity (Wildman–Crippen MR) is 73.5 cm³/mol. The summed E-state index contributed by atoms with van der Waals surface area (Å²) in [4.78, 5) is 11.9. The van der Waals surface area contributed by atoms with Gasteiger partial charge in [0.25, 0.3) is 5.91 Å². The van der Waals surface area contributed by atoms with Crippen molar-refractivity contribution in [3.05, 3.63) is 28.0 Å². The maximum atomic E-state index is 13.2. The summed E-state index contributed by atoms with van der Waals surface area (Å²) in [5, 5.41) is 2.67. The Morgan fingerprint density at radius 1 is 1.53 bits per heavy atom. The molecule has 19 heavy (non-hydrogen) atoms. The summed E-state index contributed by atoms with van der Waals surface area (Å²) in [7, 11) is 3.08. The van der Waals surface area contributed by atoms with Gasteiger partial charge in [0.2, 0.25) is 0 Å². The second-order valence-corrected chi connectivity index (χ2v) is 4.73. The maximum absolute atomic E-state index is 13.2. The lowest BCUT2D eigenvalue weighted by Gasteiger charge is -2.15. The number of carbonyl (C=O) groups excluding carboxylic acids is 1. The third-order valence-corrected chi connectivity index (χ3v) is 3.16. The molecule has 0 aromatic heterocycles. The summed E-state index contributed by atoms with van der Waals surface area (Å²) in [6.45, 7) is 0.649. The molecule has 0 saturated carbocycles. The van der Waals surface area contributed by atoms with Gasteiger partial charge in [-0.25, -0.2) is 4.39 Å². The van der Waals surface area contributed by atoms with Crippen molar-refractivity contribution < 1.29 is 18.7 Å². The number of halogens is 2. The van der Waals surface area contributed by atoms with Crippen LogP contribution < -0.4 is 11.1 Å². The van der Waals surface area contributed by atoms with Crippen LogP contribution in [-0.4, -0.2) is 39.4 Å². The number of anilines is 1. The van der Waals surface area contributed by atoms with Gasteiger partial charge in [-0.3, -0.25) is 4.79 Å². The van der Waals surface area contributed by atoms with Crippen LogP contribution in [0.25, 0.3) is 0 Å². The number of nitrogens with two attached hydrogens (primary N) is 1. The number of benzene rings is 1. The highest BCUT2D eigenvalue weighted by Crippen LogP contribution is 2.22. The third-order valence-electron chi connectivity index (χ3n) is 2.51. The van der Waals surface area contributed by atoms with Gasteiger partial charge in [-0.2, -0.15) is 0 Å². The van der Waals surface area contributed by atoms with Crippen molar-refractivity contribution in [1.29, 1.82) is 0 Å². The molecular weight excluding hydrogens is 319 g/mol. The van der Waals surface area contributed by atoms with E-state index >= 15 is 0 Å². The van der Waals surface area contributed by atoms with Gasteiger partial charge in [0.15, 0.2) is 0 Å². The zero-order valence-electron chi connectivity index (χ0n) is 10.7. The molecular formula is C12H16BrFN2O3. The monoisotopic (exact) mass is 334 g/mol. The van der Waals surface area contributed by atoms with E-state index < -0.39 is 5.82 Å². The van der Waals surface area contributed by atoms with Crippen molar-refractivity contribution >= 4 is 27.5 Å². The smallest absolute Gasteiger partial charge is 0.252 e. The predicted octanol–water partition coefficient (Wildman–Crippen LogP) is 1.56. The zero-order valence-corrected chi connectivity index (χ0v) is 12.3. The fourth-order valence-corrected chi connectivity index (χ4v) is 1.93. The van der Waals surface area contributed by atoms with Crippen LogP contribution >= 0.6 is 15.9 Å². The van der Waals surface area contributed by atoms with Gasteiger partial charge in [0.05, 0.1) is 24.0 Å². The summed E-state index contributed by atoms with van der Waals surface area (Å²) in [6.07, 6.45) is -0.245. The standard InChI is InChI=1S/C12H16BrFN2O3/c1-18-6-7(19-2)5-16-12(17)8-3-11(15)10(14)4-9(8)13/h3-4,7H,5-6,15H2,1-2H3,(H,16,17). The van der Waals surface area contributed by atoms with Gasteiger partial charge in [-0.1, -0.05) is 0 Å². The number of hydrogen-bond donors (Lipinski definition) is 2. The van der Waals surface area contributed by atoms with Crippen LogP contribution in [0.2, 0.25) is 0 Å². The molecule has 0 aliphatic rings. The summed E-state index contributed by atoms with van der Waals surface area (Å²) < 4.78 is 23.6. The van der Waals surface area contributed by atoms with Gasteiger partial charge >= 0.3 is 0 Å². The molecule has 3 N–H and O–H groups in total. The molecule has 0 heterocycles. The normalized spacial score (nSPS) is 12.2. The number of ether oxygens (including phenoxy) is 2. The van der Waals surface area contributed by atoms with Gasteiger partial charge in [0, 0.05) is 25.2 Å². The Bertz CT molecular complexity index is 457. The number of rotatable bonds is 6. The molecule has 0 aliphatic carbocycles. The van der Waals surface area contributed by atoms with Crippen LogP contribution in [0, 0.1) is 5.82 Å². The minimum absolute atomic E-state index is 0.0754. The van der Waals surface area contributed by atoms with E-state index in [1.807, 2.05) is 0 Å². The molecule has 0 spiro atoms. The quantitative estimate of drug-likeness (QED) is 0.774. The van der Waals surface area contributed by atoms with E-state index in [0.717, 1.165) is 6.07 Å². The highest BCUT2D eigenvalue weighted by atomic mass is 79.9. The van der Waals surface area contributed by atoms with E-state index in [1.54, 1.807) is 7.11 Å².